The van der Waals surface area contributed by atoms with Gasteiger partial charge < -0.3 is 15.3 Å². The van der Waals surface area contributed by atoms with Gasteiger partial charge in [0.2, 0.25) is 0 Å². The van der Waals surface area contributed by atoms with Crippen molar-refractivity contribution in [3.05, 3.63) is 95.8 Å². The number of anilines is 1. The third-order valence-corrected chi connectivity index (χ3v) is 7.24. The van der Waals surface area contributed by atoms with E-state index in [9.17, 15) is 9.90 Å². The molecule has 1 saturated heterocycles. The molecule has 204 valence electrons. The van der Waals surface area contributed by atoms with Gasteiger partial charge in [-0.2, -0.15) is 5.06 Å². The van der Waals surface area contributed by atoms with Crippen molar-refractivity contribution < 1.29 is 14.7 Å². The summed E-state index contributed by atoms with van der Waals surface area (Å²) >= 11 is 0. The van der Waals surface area contributed by atoms with Crippen LogP contribution in [0.25, 0.3) is 5.65 Å². The molecule has 0 aliphatic carbocycles. The Balaban J connectivity index is 1.08. The van der Waals surface area contributed by atoms with Crippen molar-refractivity contribution in [2.75, 3.05) is 44.6 Å². The van der Waals surface area contributed by atoms with Crippen LogP contribution in [0.3, 0.4) is 0 Å². The average molecular weight is 529 g/mol. The van der Waals surface area contributed by atoms with E-state index in [4.69, 9.17) is 4.84 Å². The van der Waals surface area contributed by atoms with Gasteiger partial charge in [0.05, 0.1) is 11.9 Å². The number of hydrogen-bond acceptors (Lipinski definition) is 7. The van der Waals surface area contributed by atoms with Gasteiger partial charge in [-0.15, -0.1) is 5.10 Å². The van der Waals surface area contributed by atoms with Gasteiger partial charge in [0.1, 0.15) is 17.3 Å². The molecule has 0 radical (unpaired) electrons. The fraction of sp³-hybridized carbons (Fsp3) is 0.367. The third-order valence-electron chi connectivity index (χ3n) is 7.24. The maximum absolute atomic E-state index is 11.6. The minimum Gasteiger partial charge on any atom is -0.481 e. The summed E-state index contributed by atoms with van der Waals surface area (Å²) in [6.45, 7) is 8.71. The molecule has 2 aromatic heterocycles. The Morgan fingerprint density at radius 3 is 2.23 bits per heavy atom. The van der Waals surface area contributed by atoms with Crippen LogP contribution in [-0.4, -0.2) is 74.9 Å². The second kappa shape index (κ2) is 11.9. The Kier molecular flexibility index (Phi) is 8.21. The molecule has 1 aliphatic rings. The Morgan fingerprint density at radius 1 is 0.974 bits per heavy atom. The van der Waals surface area contributed by atoms with Crippen molar-refractivity contribution in [2.24, 2.45) is 0 Å². The molecule has 4 aromatic rings. The number of hydrogen-bond donors (Lipinski definition) is 2. The molecular formula is C30H36N6O3. The van der Waals surface area contributed by atoms with Crippen molar-refractivity contribution in [2.45, 2.75) is 31.8 Å². The fourth-order valence-corrected chi connectivity index (χ4v) is 4.68. The number of benzene rings is 2. The molecule has 0 amide bonds. The first kappa shape index (κ1) is 26.8. The lowest BCUT2D eigenvalue weighted by atomic mass is 9.90. The van der Waals surface area contributed by atoms with Gasteiger partial charge in [-0.1, -0.05) is 60.7 Å². The topological polar surface area (TPSA) is 95.2 Å². The minimum atomic E-state index is -1.07. The summed E-state index contributed by atoms with van der Waals surface area (Å²) in [7, 11) is 0. The molecule has 9 nitrogen and oxygen atoms in total. The molecule has 0 saturated carbocycles. The largest absolute Gasteiger partial charge is 0.481 e. The van der Waals surface area contributed by atoms with Crippen LogP contribution in [0.2, 0.25) is 0 Å². The Labute approximate surface area is 229 Å². The molecule has 0 unspecified atom stereocenters. The zero-order valence-corrected chi connectivity index (χ0v) is 22.5. The normalized spacial score (nSPS) is 15.2. The summed E-state index contributed by atoms with van der Waals surface area (Å²) in [5.74, 6) is -0.172. The number of piperazine rings is 1. The second-order valence-corrected chi connectivity index (χ2v) is 10.4. The SMILES string of the molecule is CC(C)(C(=O)O)c1cn2nc(NCCCN3CCN(OC(c4ccccc4)c4ccccc4)CC3)ccc2n1. The van der Waals surface area contributed by atoms with Crippen molar-refractivity contribution in [3.8, 4) is 0 Å². The molecule has 2 N–H and O–H groups in total. The van der Waals surface area contributed by atoms with E-state index < -0.39 is 11.4 Å². The number of hydroxylamine groups is 2. The van der Waals surface area contributed by atoms with Gasteiger partial charge in [-0.3, -0.25) is 9.63 Å². The molecule has 1 aliphatic heterocycles. The molecular weight excluding hydrogens is 492 g/mol. The number of imidazole rings is 1. The van der Waals surface area contributed by atoms with Crippen LogP contribution in [0.4, 0.5) is 5.82 Å². The number of aromatic nitrogens is 3. The van der Waals surface area contributed by atoms with Crippen molar-refractivity contribution in [1.82, 2.24) is 24.6 Å². The highest BCUT2D eigenvalue weighted by molar-refractivity contribution is 5.79. The zero-order chi connectivity index (χ0) is 27.2. The minimum absolute atomic E-state index is 0.116. The number of aliphatic carboxylic acids is 1. The highest BCUT2D eigenvalue weighted by atomic mass is 16.7. The van der Waals surface area contributed by atoms with Gasteiger partial charge >= 0.3 is 5.97 Å². The van der Waals surface area contributed by atoms with Crippen LogP contribution in [0.1, 0.15) is 43.2 Å². The molecule has 0 atom stereocenters. The number of carboxylic acid groups (broad SMARTS) is 1. The number of nitrogens with zero attached hydrogens (tertiary/aromatic N) is 5. The predicted molar refractivity (Wildman–Crippen MR) is 151 cm³/mol. The highest BCUT2D eigenvalue weighted by Crippen LogP contribution is 2.27. The Morgan fingerprint density at radius 2 is 1.62 bits per heavy atom. The monoisotopic (exact) mass is 528 g/mol. The molecule has 2 aromatic carbocycles. The first-order chi connectivity index (χ1) is 18.9. The van der Waals surface area contributed by atoms with Gasteiger partial charge in [-0.25, -0.2) is 9.50 Å². The van der Waals surface area contributed by atoms with Crippen LogP contribution in [0.5, 0.6) is 0 Å². The summed E-state index contributed by atoms with van der Waals surface area (Å²) in [6, 6.07) is 24.5. The van der Waals surface area contributed by atoms with Crippen LogP contribution in [-0.2, 0) is 15.0 Å². The van der Waals surface area contributed by atoms with Crippen LogP contribution in [0, 0.1) is 0 Å². The smallest absolute Gasteiger partial charge is 0.315 e. The number of carboxylic acids is 1. The Bertz CT molecular complexity index is 1330. The number of nitrogens with one attached hydrogen (secondary N) is 1. The maximum atomic E-state index is 11.6. The van der Waals surface area contributed by atoms with E-state index in [2.05, 4.69) is 73.9 Å². The number of fused-ring (bicyclic) bond motifs is 1. The van der Waals surface area contributed by atoms with E-state index >= 15 is 0 Å². The molecule has 0 bridgehead atoms. The van der Waals surface area contributed by atoms with Gasteiger partial charge in [-0.05, 0) is 50.1 Å². The van der Waals surface area contributed by atoms with Crippen LogP contribution < -0.4 is 5.32 Å². The van der Waals surface area contributed by atoms with Crippen LogP contribution in [0.15, 0.2) is 79.0 Å². The summed E-state index contributed by atoms with van der Waals surface area (Å²) in [5, 5.41) is 19.5. The summed E-state index contributed by atoms with van der Waals surface area (Å²) in [6.07, 6.45) is 2.56. The van der Waals surface area contributed by atoms with Gasteiger partial charge in [0, 0.05) is 32.7 Å². The molecule has 9 heteroatoms. The first-order valence-electron chi connectivity index (χ1n) is 13.5. The van der Waals surface area contributed by atoms with E-state index in [-0.39, 0.29) is 6.10 Å². The van der Waals surface area contributed by atoms with Crippen LogP contribution >= 0.6 is 0 Å². The van der Waals surface area contributed by atoms with E-state index in [0.29, 0.717) is 11.3 Å². The average Bonchev–Trinajstić information content (AvgIpc) is 3.40. The van der Waals surface area contributed by atoms with E-state index in [1.54, 1.807) is 24.6 Å². The lowest BCUT2D eigenvalue weighted by Crippen LogP contribution is -2.47. The van der Waals surface area contributed by atoms with Crippen molar-refractivity contribution >= 4 is 17.4 Å². The fourth-order valence-electron chi connectivity index (χ4n) is 4.68. The van der Waals surface area contributed by atoms with E-state index in [1.165, 1.54) is 0 Å². The lowest BCUT2D eigenvalue weighted by molar-refractivity contribution is -0.203. The molecule has 5 rings (SSSR count). The van der Waals surface area contributed by atoms with Gasteiger partial charge in [0.25, 0.3) is 0 Å². The zero-order valence-electron chi connectivity index (χ0n) is 22.5. The molecule has 1 fully saturated rings. The lowest BCUT2D eigenvalue weighted by Gasteiger charge is -2.36. The van der Waals surface area contributed by atoms with E-state index in [1.807, 2.05) is 24.3 Å². The standard InChI is InChI=1S/C30H36N6O3/c1-30(2,29(37)38)25-22-36-27(32-25)15-14-26(33-36)31-16-9-17-34-18-20-35(21-19-34)39-28(23-10-5-3-6-11-23)24-12-7-4-8-13-24/h3-8,10-15,22,28H,9,16-21H2,1-2H3,(H,31,33)(H,37,38). The summed E-state index contributed by atoms with van der Waals surface area (Å²) in [4.78, 5) is 25.0. The number of carbonyl (C=O) groups is 1. The van der Waals surface area contributed by atoms with Crippen molar-refractivity contribution in [1.29, 1.82) is 0 Å². The summed E-state index contributed by atoms with van der Waals surface area (Å²) in [5.41, 5.74) is 2.36. The number of rotatable bonds is 11. The summed E-state index contributed by atoms with van der Waals surface area (Å²) < 4.78 is 1.64. The third kappa shape index (κ3) is 6.44. The predicted octanol–water partition coefficient (Wildman–Crippen LogP) is 4.23. The molecule has 3 heterocycles. The second-order valence-electron chi connectivity index (χ2n) is 10.4. The molecule has 0 spiro atoms. The van der Waals surface area contributed by atoms with Gasteiger partial charge in [0.15, 0.2) is 5.65 Å². The highest BCUT2D eigenvalue weighted by Gasteiger charge is 2.32. The molecule has 39 heavy (non-hydrogen) atoms. The quantitative estimate of drug-likeness (QED) is 0.279. The van der Waals surface area contributed by atoms with E-state index in [0.717, 1.165) is 62.6 Å². The Hall–Kier alpha value is -3.79. The van der Waals surface area contributed by atoms with Crippen molar-refractivity contribution in [3.63, 3.8) is 0 Å². The first-order valence-corrected chi connectivity index (χ1v) is 13.5. The maximum Gasteiger partial charge on any atom is 0.315 e.